The molecular weight excluding hydrogens is 368 g/mol. The minimum Gasteiger partial charge on any atom is -0.385 e. The third-order valence-electron chi connectivity index (χ3n) is 4.64. The maximum atomic E-state index is 12.5. The smallest absolute Gasteiger partial charge is 0.253 e. The number of rotatable bonds is 11. The molecule has 0 fully saturated rings. The van der Waals surface area contributed by atoms with Crippen molar-refractivity contribution >= 4 is 14.0 Å². The molecule has 0 aliphatic carbocycles. The molecule has 0 N–H and O–H groups in total. The Labute approximate surface area is 170 Å². The van der Waals surface area contributed by atoms with Gasteiger partial charge in [0.2, 0.25) is 0 Å². The zero-order chi connectivity index (χ0) is 20.6. The highest BCUT2D eigenvalue weighted by atomic mass is 28.3. The molecule has 28 heavy (non-hydrogen) atoms. The van der Waals surface area contributed by atoms with Gasteiger partial charge in [0.1, 0.15) is 6.73 Å². The summed E-state index contributed by atoms with van der Waals surface area (Å²) in [4.78, 5) is 14.2. The molecular formula is C22H34N2O3Si. The molecule has 1 amide bonds. The third kappa shape index (κ3) is 7.26. The molecule has 0 aliphatic heterocycles. The van der Waals surface area contributed by atoms with Gasteiger partial charge in [0.15, 0.2) is 0 Å². The van der Waals surface area contributed by atoms with Crippen LogP contribution >= 0.6 is 0 Å². The minimum absolute atomic E-state index is 0.0380. The van der Waals surface area contributed by atoms with Crippen LogP contribution in [0.3, 0.4) is 0 Å². The fraction of sp³-hybridized carbons (Fsp3) is 0.500. The van der Waals surface area contributed by atoms with Gasteiger partial charge in [-0.2, -0.15) is 0 Å². The summed E-state index contributed by atoms with van der Waals surface area (Å²) in [5, 5.41) is 0. The Morgan fingerprint density at radius 2 is 1.79 bits per heavy atom. The fourth-order valence-electron chi connectivity index (χ4n) is 2.81. The summed E-state index contributed by atoms with van der Waals surface area (Å²) in [6, 6.07) is 11.1. The first-order chi connectivity index (χ1) is 13.3. The molecule has 1 heterocycles. The van der Waals surface area contributed by atoms with Gasteiger partial charge in [-0.25, -0.2) is 0 Å². The Bertz CT molecular complexity index is 735. The lowest BCUT2D eigenvalue weighted by Gasteiger charge is -2.17. The van der Waals surface area contributed by atoms with Gasteiger partial charge in [-0.1, -0.05) is 31.8 Å². The maximum Gasteiger partial charge on any atom is 0.253 e. The quantitative estimate of drug-likeness (QED) is 0.408. The number of amides is 1. The Balaban J connectivity index is 1.89. The molecule has 6 heteroatoms. The molecule has 0 saturated carbocycles. The lowest BCUT2D eigenvalue weighted by molar-refractivity contribution is 0.0779. The molecule has 0 atom stereocenters. The maximum absolute atomic E-state index is 12.5. The van der Waals surface area contributed by atoms with Gasteiger partial charge in [-0.15, -0.1) is 0 Å². The van der Waals surface area contributed by atoms with E-state index in [1.165, 1.54) is 6.04 Å². The van der Waals surface area contributed by atoms with E-state index in [1.54, 1.807) is 12.0 Å². The van der Waals surface area contributed by atoms with Gasteiger partial charge in [-0.3, -0.25) is 4.79 Å². The first-order valence-corrected chi connectivity index (χ1v) is 13.6. The van der Waals surface area contributed by atoms with E-state index in [-0.39, 0.29) is 5.91 Å². The van der Waals surface area contributed by atoms with Crippen LogP contribution in [-0.2, 0) is 16.2 Å². The molecule has 0 aliphatic rings. The molecule has 1 aromatic carbocycles. The van der Waals surface area contributed by atoms with E-state index in [4.69, 9.17) is 9.47 Å². The van der Waals surface area contributed by atoms with E-state index < -0.39 is 8.07 Å². The zero-order valence-electron chi connectivity index (χ0n) is 17.9. The van der Waals surface area contributed by atoms with Crippen LogP contribution in [0.4, 0.5) is 0 Å². The van der Waals surface area contributed by atoms with Crippen LogP contribution < -0.4 is 0 Å². The highest BCUT2D eigenvalue weighted by Crippen LogP contribution is 2.21. The van der Waals surface area contributed by atoms with Crippen molar-refractivity contribution in [3.63, 3.8) is 0 Å². The molecule has 2 rings (SSSR count). The SMILES string of the molecule is COCCCN(C)C(=O)c1ccc(-c2ccn(COCC[Si](C)(C)C)c2)cc1. The van der Waals surface area contributed by atoms with Crippen LogP contribution in [0.2, 0.25) is 25.7 Å². The van der Waals surface area contributed by atoms with Crippen LogP contribution in [0.5, 0.6) is 0 Å². The monoisotopic (exact) mass is 402 g/mol. The van der Waals surface area contributed by atoms with Crippen molar-refractivity contribution in [3.05, 3.63) is 48.3 Å². The van der Waals surface area contributed by atoms with Crippen LogP contribution in [0, 0.1) is 0 Å². The summed E-state index contributed by atoms with van der Waals surface area (Å²) in [5.41, 5.74) is 2.93. The predicted octanol–water partition coefficient (Wildman–Crippen LogP) is 4.58. The van der Waals surface area contributed by atoms with Gasteiger partial charge in [0.05, 0.1) is 0 Å². The normalized spacial score (nSPS) is 11.6. The summed E-state index contributed by atoms with van der Waals surface area (Å²) in [6.07, 6.45) is 4.96. The lowest BCUT2D eigenvalue weighted by Crippen LogP contribution is -2.28. The molecule has 1 aromatic heterocycles. The molecule has 5 nitrogen and oxygen atoms in total. The molecule has 0 unspecified atom stereocenters. The number of aromatic nitrogens is 1. The number of carbonyl (C=O) groups excluding carboxylic acids is 1. The summed E-state index contributed by atoms with van der Waals surface area (Å²) in [5.74, 6) is 0.0380. The van der Waals surface area contributed by atoms with Gasteiger partial charge in [-0.05, 0) is 41.8 Å². The van der Waals surface area contributed by atoms with E-state index in [9.17, 15) is 4.79 Å². The van der Waals surface area contributed by atoms with Gasteiger partial charge in [0.25, 0.3) is 5.91 Å². The van der Waals surface area contributed by atoms with Crippen molar-refractivity contribution in [2.45, 2.75) is 38.8 Å². The number of methoxy groups -OCH3 is 1. The molecule has 0 bridgehead atoms. The van der Waals surface area contributed by atoms with Gasteiger partial charge < -0.3 is 18.9 Å². The Morgan fingerprint density at radius 1 is 1.07 bits per heavy atom. The van der Waals surface area contributed by atoms with Crippen molar-refractivity contribution in [1.29, 1.82) is 0 Å². The minimum atomic E-state index is -1.05. The summed E-state index contributed by atoms with van der Waals surface area (Å²) in [6.45, 7) is 9.82. The molecule has 2 aromatic rings. The zero-order valence-corrected chi connectivity index (χ0v) is 18.9. The van der Waals surface area contributed by atoms with Crippen LogP contribution in [0.1, 0.15) is 16.8 Å². The van der Waals surface area contributed by atoms with Crippen molar-refractivity contribution in [1.82, 2.24) is 9.47 Å². The first kappa shape index (κ1) is 22.4. The fourth-order valence-corrected chi connectivity index (χ4v) is 3.57. The van der Waals surface area contributed by atoms with E-state index in [0.29, 0.717) is 25.4 Å². The van der Waals surface area contributed by atoms with Crippen molar-refractivity contribution in [2.24, 2.45) is 0 Å². The molecule has 0 saturated heterocycles. The summed E-state index contributed by atoms with van der Waals surface area (Å²) in [7, 11) is 2.45. The highest BCUT2D eigenvalue weighted by molar-refractivity contribution is 6.76. The second-order valence-electron chi connectivity index (χ2n) is 8.41. The van der Waals surface area contributed by atoms with Crippen LogP contribution in [0.25, 0.3) is 11.1 Å². The number of hydrogen-bond acceptors (Lipinski definition) is 3. The van der Waals surface area contributed by atoms with Crippen molar-refractivity contribution < 1.29 is 14.3 Å². The van der Waals surface area contributed by atoms with E-state index in [0.717, 1.165) is 24.2 Å². The number of benzene rings is 1. The average molecular weight is 403 g/mol. The molecule has 154 valence electrons. The van der Waals surface area contributed by atoms with Crippen molar-refractivity contribution in [3.8, 4) is 11.1 Å². The van der Waals surface area contributed by atoms with E-state index >= 15 is 0 Å². The van der Waals surface area contributed by atoms with Crippen LogP contribution in [0.15, 0.2) is 42.7 Å². The lowest BCUT2D eigenvalue weighted by atomic mass is 10.1. The number of hydrogen-bond donors (Lipinski definition) is 0. The van der Waals surface area contributed by atoms with E-state index in [1.807, 2.05) is 37.5 Å². The first-order valence-electron chi connectivity index (χ1n) is 9.88. The number of ether oxygens (including phenoxy) is 2. The van der Waals surface area contributed by atoms with Gasteiger partial charge in [0, 0.05) is 59.9 Å². The third-order valence-corrected chi connectivity index (χ3v) is 6.35. The Morgan fingerprint density at radius 3 is 2.43 bits per heavy atom. The molecule has 0 spiro atoms. The van der Waals surface area contributed by atoms with E-state index in [2.05, 4.69) is 36.5 Å². The van der Waals surface area contributed by atoms with Gasteiger partial charge >= 0.3 is 0 Å². The standard InChI is InChI=1S/C22H34N2O3Si/c1-23(12-6-14-26-2)22(25)20-9-7-19(8-10-20)21-11-13-24(17-21)18-27-15-16-28(3,4)5/h7-11,13,17H,6,12,14-16,18H2,1-5H3. The number of carbonyl (C=O) groups is 1. The molecule has 0 radical (unpaired) electrons. The largest absolute Gasteiger partial charge is 0.385 e. The number of nitrogens with zero attached hydrogens (tertiary/aromatic N) is 2. The topological polar surface area (TPSA) is 43.7 Å². The van der Waals surface area contributed by atoms with Crippen molar-refractivity contribution in [2.75, 3.05) is 33.9 Å². The summed E-state index contributed by atoms with van der Waals surface area (Å²) >= 11 is 0. The summed E-state index contributed by atoms with van der Waals surface area (Å²) < 4.78 is 12.9. The average Bonchev–Trinajstić information content (AvgIpc) is 3.13. The predicted molar refractivity (Wildman–Crippen MR) is 117 cm³/mol. The Kier molecular flexibility index (Phi) is 8.48. The van der Waals surface area contributed by atoms with Crippen LogP contribution in [-0.4, -0.2) is 57.4 Å². The second-order valence-corrected chi connectivity index (χ2v) is 14.0. The second kappa shape index (κ2) is 10.6. The highest BCUT2D eigenvalue weighted by Gasteiger charge is 2.13. The Hall–Kier alpha value is -1.89.